The lowest BCUT2D eigenvalue weighted by molar-refractivity contribution is 0.409. The van der Waals surface area contributed by atoms with Gasteiger partial charge in [0.15, 0.2) is 0 Å². The van der Waals surface area contributed by atoms with Crippen LogP contribution in [0.2, 0.25) is 0 Å². The largest absolute Gasteiger partial charge is 0.507 e. The van der Waals surface area contributed by atoms with Crippen LogP contribution in [0.15, 0.2) is 12.1 Å². The third-order valence-corrected chi connectivity index (χ3v) is 2.54. The molecule has 0 saturated carbocycles. The van der Waals surface area contributed by atoms with Crippen LogP contribution in [0.3, 0.4) is 0 Å². The van der Waals surface area contributed by atoms with Crippen molar-refractivity contribution in [3.8, 4) is 11.5 Å². The van der Waals surface area contributed by atoms with E-state index in [0.717, 1.165) is 5.56 Å². The van der Waals surface area contributed by atoms with E-state index in [1.165, 1.54) is 0 Å². The van der Waals surface area contributed by atoms with Crippen LogP contribution < -0.4 is 0 Å². The summed E-state index contributed by atoms with van der Waals surface area (Å²) in [6.07, 6.45) is 0. The second-order valence-corrected chi connectivity index (χ2v) is 5.34. The minimum absolute atomic E-state index is 0.186. The highest BCUT2D eigenvalue weighted by Gasteiger charge is 2.23. The van der Waals surface area contributed by atoms with Gasteiger partial charge in [0.1, 0.15) is 11.5 Å². The van der Waals surface area contributed by atoms with Gasteiger partial charge in [-0.25, -0.2) is 0 Å². The van der Waals surface area contributed by atoms with Gasteiger partial charge < -0.3 is 10.2 Å². The minimum atomic E-state index is -0.246. The highest BCUT2D eigenvalue weighted by molar-refractivity contribution is 5.50. The maximum Gasteiger partial charge on any atom is 0.123 e. The van der Waals surface area contributed by atoms with E-state index < -0.39 is 0 Å². The Morgan fingerprint density at radius 2 is 1.40 bits per heavy atom. The van der Waals surface area contributed by atoms with Crippen LogP contribution in [0.4, 0.5) is 0 Å². The third-order valence-electron chi connectivity index (χ3n) is 2.54. The highest BCUT2D eigenvalue weighted by Crippen LogP contribution is 2.39. The molecule has 0 unspecified atom stereocenters. The first-order valence-electron chi connectivity index (χ1n) is 5.30. The predicted molar refractivity (Wildman–Crippen MR) is 62.6 cm³/mol. The Bertz CT molecular complexity index is 336. The smallest absolute Gasteiger partial charge is 0.123 e. The average Bonchev–Trinajstić information content (AvgIpc) is 1.99. The van der Waals surface area contributed by atoms with Crippen molar-refractivity contribution in [2.24, 2.45) is 0 Å². The summed E-state index contributed by atoms with van der Waals surface area (Å²) in [5.74, 6) is 0.674. The number of benzene rings is 1. The lowest BCUT2D eigenvalue weighted by Crippen LogP contribution is -2.12. The van der Waals surface area contributed by atoms with Crippen molar-refractivity contribution < 1.29 is 10.2 Å². The van der Waals surface area contributed by atoms with Gasteiger partial charge in [-0.2, -0.15) is 0 Å². The van der Waals surface area contributed by atoms with Gasteiger partial charge in [0, 0.05) is 5.56 Å². The van der Waals surface area contributed by atoms with Crippen molar-refractivity contribution in [2.75, 3.05) is 0 Å². The molecule has 0 aromatic heterocycles. The van der Waals surface area contributed by atoms with Crippen LogP contribution in [0.1, 0.15) is 51.7 Å². The Labute approximate surface area is 91.6 Å². The first kappa shape index (κ1) is 11.9. The zero-order valence-electron chi connectivity index (χ0n) is 10.1. The molecule has 0 spiro atoms. The quantitative estimate of drug-likeness (QED) is 0.741. The molecule has 0 heterocycles. The number of phenolic OH excluding ortho intramolecular Hbond substituents is 2. The van der Waals surface area contributed by atoms with Crippen LogP contribution in [-0.2, 0) is 5.41 Å². The average molecular weight is 208 g/mol. The Hall–Kier alpha value is -1.18. The molecule has 0 aliphatic carbocycles. The normalized spacial score (nSPS) is 12.1. The summed E-state index contributed by atoms with van der Waals surface area (Å²) < 4.78 is 0. The number of hydrogen-bond donors (Lipinski definition) is 2. The van der Waals surface area contributed by atoms with E-state index in [0.29, 0.717) is 11.5 Å². The summed E-state index contributed by atoms with van der Waals surface area (Å²) in [6.45, 7) is 9.97. The Kier molecular flexibility index (Phi) is 2.98. The van der Waals surface area contributed by atoms with E-state index in [1.54, 1.807) is 12.1 Å². The fraction of sp³-hybridized carbons (Fsp3) is 0.538. The fourth-order valence-electron chi connectivity index (χ4n) is 1.73. The minimum Gasteiger partial charge on any atom is -0.507 e. The summed E-state index contributed by atoms with van der Waals surface area (Å²) >= 11 is 0. The SMILES string of the molecule is CC(C)c1cc(O)c(C(C)(C)C)c(O)c1. The van der Waals surface area contributed by atoms with Gasteiger partial charge in [0.05, 0.1) is 0 Å². The number of phenols is 2. The van der Waals surface area contributed by atoms with Gasteiger partial charge >= 0.3 is 0 Å². The number of hydrogen-bond acceptors (Lipinski definition) is 2. The number of aromatic hydroxyl groups is 2. The predicted octanol–water partition coefficient (Wildman–Crippen LogP) is 3.52. The molecule has 1 aromatic rings. The Balaban J connectivity index is 3.34. The molecular weight excluding hydrogens is 188 g/mol. The van der Waals surface area contributed by atoms with Crippen molar-refractivity contribution in [3.63, 3.8) is 0 Å². The number of rotatable bonds is 1. The molecule has 0 aliphatic rings. The van der Waals surface area contributed by atoms with Gasteiger partial charge in [0.25, 0.3) is 0 Å². The standard InChI is InChI=1S/C13H20O2/c1-8(2)9-6-10(14)12(11(15)7-9)13(3,4)5/h6-8,14-15H,1-5H3. The molecule has 0 aliphatic heterocycles. The monoisotopic (exact) mass is 208 g/mol. The van der Waals surface area contributed by atoms with E-state index in [2.05, 4.69) is 0 Å². The molecule has 84 valence electrons. The van der Waals surface area contributed by atoms with E-state index in [4.69, 9.17) is 0 Å². The van der Waals surface area contributed by atoms with Crippen LogP contribution in [-0.4, -0.2) is 10.2 Å². The molecule has 15 heavy (non-hydrogen) atoms. The van der Waals surface area contributed by atoms with Crippen LogP contribution in [0, 0.1) is 0 Å². The van der Waals surface area contributed by atoms with Gasteiger partial charge in [-0.15, -0.1) is 0 Å². The topological polar surface area (TPSA) is 40.5 Å². The third kappa shape index (κ3) is 2.44. The van der Waals surface area contributed by atoms with Crippen molar-refractivity contribution in [2.45, 2.75) is 46.0 Å². The lowest BCUT2D eigenvalue weighted by Gasteiger charge is -2.22. The molecule has 2 N–H and O–H groups in total. The van der Waals surface area contributed by atoms with E-state index in [1.807, 2.05) is 34.6 Å². The molecule has 0 bridgehead atoms. The maximum absolute atomic E-state index is 9.90. The summed E-state index contributed by atoms with van der Waals surface area (Å²) in [6, 6.07) is 3.48. The molecular formula is C13H20O2. The first-order chi connectivity index (χ1) is 6.73. The second-order valence-electron chi connectivity index (χ2n) is 5.34. The zero-order chi connectivity index (χ0) is 11.8. The maximum atomic E-state index is 9.90. The Morgan fingerprint density at radius 1 is 1.00 bits per heavy atom. The van der Waals surface area contributed by atoms with Crippen molar-refractivity contribution in [3.05, 3.63) is 23.3 Å². The molecule has 0 radical (unpaired) electrons. The Morgan fingerprint density at radius 3 is 1.67 bits per heavy atom. The highest BCUT2D eigenvalue weighted by atomic mass is 16.3. The zero-order valence-corrected chi connectivity index (χ0v) is 10.1. The summed E-state index contributed by atoms with van der Waals surface area (Å²) in [5, 5.41) is 19.8. The molecule has 1 aromatic carbocycles. The van der Waals surface area contributed by atoms with Crippen molar-refractivity contribution in [1.29, 1.82) is 0 Å². The van der Waals surface area contributed by atoms with Gasteiger partial charge in [-0.3, -0.25) is 0 Å². The molecule has 2 nitrogen and oxygen atoms in total. The van der Waals surface area contributed by atoms with E-state index in [9.17, 15) is 10.2 Å². The van der Waals surface area contributed by atoms with Gasteiger partial charge in [0.2, 0.25) is 0 Å². The fourth-order valence-corrected chi connectivity index (χ4v) is 1.73. The van der Waals surface area contributed by atoms with Crippen molar-refractivity contribution in [1.82, 2.24) is 0 Å². The van der Waals surface area contributed by atoms with Gasteiger partial charge in [-0.1, -0.05) is 34.6 Å². The molecule has 0 fully saturated rings. The van der Waals surface area contributed by atoms with E-state index in [-0.39, 0.29) is 16.9 Å². The summed E-state index contributed by atoms with van der Waals surface area (Å²) in [5.41, 5.74) is 1.33. The van der Waals surface area contributed by atoms with Gasteiger partial charge in [-0.05, 0) is 29.0 Å². The lowest BCUT2D eigenvalue weighted by atomic mass is 9.84. The molecule has 0 atom stereocenters. The van der Waals surface area contributed by atoms with Crippen molar-refractivity contribution >= 4 is 0 Å². The summed E-state index contributed by atoms with van der Waals surface area (Å²) in [4.78, 5) is 0. The van der Waals surface area contributed by atoms with Crippen LogP contribution in [0.25, 0.3) is 0 Å². The molecule has 0 amide bonds. The van der Waals surface area contributed by atoms with Crippen LogP contribution >= 0.6 is 0 Å². The molecule has 1 rings (SSSR count). The second kappa shape index (κ2) is 3.76. The van der Waals surface area contributed by atoms with E-state index >= 15 is 0 Å². The summed E-state index contributed by atoms with van der Waals surface area (Å²) in [7, 11) is 0. The molecule has 2 heteroatoms. The first-order valence-corrected chi connectivity index (χ1v) is 5.30. The molecule has 0 saturated heterocycles. The van der Waals surface area contributed by atoms with Crippen LogP contribution in [0.5, 0.6) is 11.5 Å².